The second-order valence-electron chi connectivity index (χ2n) is 16.6. The van der Waals surface area contributed by atoms with Crippen molar-refractivity contribution in [2.75, 3.05) is 57.3 Å². The number of amides is 4. The summed E-state index contributed by atoms with van der Waals surface area (Å²) < 4.78 is 14.9. The highest BCUT2D eigenvalue weighted by atomic mass is 16.5. The zero-order valence-corrected chi connectivity index (χ0v) is 33.2. The van der Waals surface area contributed by atoms with E-state index in [1.54, 1.807) is 12.1 Å². The van der Waals surface area contributed by atoms with Gasteiger partial charge in [0.1, 0.15) is 12.1 Å². The molecular weight excluding hydrogens is 749 g/mol. The summed E-state index contributed by atoms with van der Waals surface area (Å²) in [7, 11) is 2.09. The number of pyridine rings is 2. The number of nitrogens with zero attached hydrogens (tertiary/aromatic N) is 7. The van der Waals surface area contributed by atoms with Gasteiger partial charge in [0.25, 0.3) is 11.8 Å². The van der Waals surface area contributed by atoms with Crippen LogP contribution >= 0.6 is 0 Å². The van der Waals surface area contributed by atoms with Crippen molar-refractivity contribution in [1.29, 1.82) is 0 Å². The van der Waals surface area contributed by atoms with Crippen molar-refractivity contribution in [2.45, 2.75) is 62.9 Å². The van der Waals surface area contributed by atoms with Crippen LogP contribution < -0.4 is 15.0 Å². The molecule has 1 unspecified atom stereocenters. The predicted octanol–water partition coefficient (Wildman–Crippen LogP) is 4.40. The van der Waals surface area contributed by atoms with Gasteiger partial charge in [-0.05, 0) is 61.2 Å². The van der Waals surface area contributed by atoms with E-state index in [2.05, 4.69) is 71.9 Å². The lowest BCUT2D eigenvalue weighted by molar-refractivity contribution is -0.136. The normalized spacial score (nSPS) is 23.2. The lowest BCUT2D eigenvalue weighted by atomic mass is 9.91. The third-order valence-electron chi connectivity index (χ3n) is 13.0. The highest BCUT2D eigenvalue weighted by Gasteiger charge is 2.45. The molecule has 1 atom stereocenters. The van der Waals surface area contributed by atoms with Gasteiger partial charge in [0.2, 0.25) is 17.7 Å². The molecule has 2 aromatic carbocycles. The van der Waals surface area contributed by atoms with E-state index >= 15 is 0 Å². The van der Waals surface area contributed by atoms with Crippen LogP contribution in [0.4, 0.5) is 5.69 Å². The summed E-state index contributed by atoms with van der Waals surface area (Å²) in [6, 6.07) is 17.0. The van der Waals surface area contributed by atoms with Crippen molar-refractivity contribution in [3.8, 4) is 17.0 Å². The Morgan fingerprint density at radius 3 is 2.24 bits per heavy atom. The Morgan fingerprint density at radius 2 is 1.47 bits per heavy atom. The molecule has 14 nitrogen and oxygen atoms in total. The molecule has 304 valence electrons. The SMILES string of the molecule is Cn1c2ccncc2c2ccc(-c3ccc(O[C@H]4C[C@H](OC5CCN(CCN6CCN(c7ccc8c(c7)C(=O)N(C7CCC(=O)NC7=O)C8=O)CC6)CC5)C4)nc3)cc21. The van der Waals surface area contributed by atoms with E-state index < -0.39 is 23.8 Å². The predicted molar refractivity (Wildman–Crippen MR) is 221 cm³/mol. The van der Waals surface area contributed by atoms with E-state index in [1.165, 1.54) is 16.4 Å². The van der Waals surface area contributed by atoms with E-state index in [-0.39, 0.29) is 31.0 Å². The molecule has 59 heavy (non-hydrogen) atoms. The fraction of sp³-hybridized carbons (Fsp3) is 0.422. The molecule has 4 aliphatic heterocycles. The number of imide groups is 2. The van der Waals surface area contributed by atoms with Crippen LogP contribution in [0.5, 0.6) is 5.88 Å². The van der Waals surface area contributed by atoms with Crippen LogP contribution in [-0.2, 0) is 21.4 Å². The number of carbonyl (C=O) groups is 4. The van der Waals surface area contributed by atoms with Crippen LogP contribution in [0.15, 0.2) is 73.2 Å². The minimum atomic E-state index is -0.959. The molecule has 10 rings (SSSR count). The number of aromatic nitrogens is 3. The average Bonchev–Trinajstić information content (AvgIpc) is 3.67. The highest BCUT2D eigenvalue weighted by Crippen LogP contribution is 2.34. The van der Waals surface area contributed by atoms with Gasteiger partial charge in [-0.25, -0.2) is 4.98 Å². The van der Waals surface area contributed by atoms with Gasteiger partial charge in [-0.3, -0.25) is 39.3 Å². The number of aryl methyl sites for hydroxylation is 1. The molecule has 0 radical (unpaired) electrons. The average molecular weight is 797 g/mol. The second kappa shape index (κ2) is 15.5. The number of piperidine rings is 2. The van der Waals surface area contributed by atoms with Crippen molar-refractivity contribution in [3.05, 3.63) is 84.3 Å². The van der Waals surface area contributed by atoms with Crippen molar-refractivity contribution < 1.29 is 28.7 Å². The number of ether oxygens (including phenoxy) is 2. The van der Waals surface area contributed by atoms with Crippen molar-refractivity contribution >= 4 is 51.1 Å². The molecule has 1 aliphatic carbocycles. The number of rotatable bonds is 10. The summed E-state index contributed by atoms with van der Waals surface area (Å²) in [5.74, 6) is -1.27. The van der Waals surface area contributed by atoms with Gasteiger partial charge < -0.3 is 23.8 Å². The number of piperazine rings is 1. The minimum Gasteiger partial charge on any atom is -0.474 e. The Bertz CT molecular complexity index is 2450. The van der Waals surface area contributed by atoms with Crippen LogP contribution in [0.2, 0.25) is 0 Å². The maximum atomic E-state index is 13.3. The number of nitrogens with one attached hydrogen (secondary N) is 1. The van der Waals surface area contributed by atoms with Crippen molar-refractivity contribution in [3.63, 3.8) is 0 Å². The standard InChI is InChI=1S/C45H48N8O6/c1-49-38-10-13-46-27-37(38)34-5-2-28(22-40(34)49)29-3-9-42(47-26-29)59-33-24-32(25-33)58-31-11-14-50(15-12-31)16-17-51-18-20-52(21-19-51)30-4-6-35-36(23-30)45(57)53(44(35)56)39-7-8-41(54)48-43(39)55/h2-6,9-10,13,22-23,26-27,31-33,39H,7-8,11-12,14-21,24-25H2,1H3,(H,48,54,55)/t32-,33-,39?. The number of hydrogen-bond acceptors (Lipinski definition) is 11. The Hall–Kier alpha value is -5.70. The van der Waals surface area contributed by atoms with Gasteiger partial charge in [0.15, 0.2) is 0 Å². The first-order valence-electron chi connectivity index (χ1n) is 20.9. The summed E-state index contributed by atoms with van der Waals surface area (Å²) in [5, 5.41) is 4.61. The first kappa shape index (κ1) is 37.6. The van der Waals surface area contributed by atoms with Crippen molar-refractivity contribution in [1.82, 2.24) is 34.6 Å². The molecule has 1 saturated carbocycles. The Labute approximate surface area is 342 Å². The van der Waals surface area contributed by atoms with Crippen LogP contribution in [0.1, 0.15) is 59.2 Å². The molecule has 4 amide bonds. The van der Waals surface area contributed by atoms with Gasteiger partial charge in [-0.1, -0.05) is 12.1 Å². The topological polar surface area (TPSA) is 142 Å². The lowest BCUT2D eigenvalue weighted by Crippen LogP contribution is -2.54. The number of hydrogen-bond donors (Lipinski definition) is 1. The van der Waals surface area contributed by atoms with E-state index in [0.29, 0.717) is 23.1 Å². The van der Waals surface area contributed by atoms with Gasteiger partial charge in [0, 0.05) is 131 Å². The Morgan fingerprint density at radius 1 is 0.712 bits per heavy atom. The quantitative estimate of drug-likeness (QED) is 0.201. The van der Waals surface area contributed by atoms with Gasteiger partial charge in [-0.15, -0.1) is 0 Å². The molecule has 7 heterocycles. The lowest BCUT2D eigenvalue weighted by Gasteiger charge is -2.40. The van der Waals surface area contributed by atoms with Gasteiger partial charge >= 0.3 is 0 Å². The fourth-order valence-corrected chi connectivity index (χ4v) is 9.46. The monoisotopic (exact) mass is 796 g/mol. The molecule has 4 fully saturated rings. The number of benzene rings is 2. The van der Waals surface area contributed by atoms with Crippen LogP contribution in [-0.4, -0.2) is 130 Å². The molecule has 3 aromatic heterocycles. The van der Waals surface area contributed by atoms with Crippen LogP contribution in [0.25, 0.3) is 32.9 Å². The first-order chi connectivity index (χ1) is 28.8. The molecule has 0 bridgehead atoms. The molecule has 1 N–H and O–H groups in total. The summed E-state index contributed by atoms with van der Waals surface area (Å²) in [5.41, 5.74) is 6.05. The maximum Gasteiger partial charge on any atom is 0.262 e. The van der Waals surface area contributed by atoms with Crippen LogP contribution in [0, 0.1) is 0 Å². The maximum absolute atomic E-state index is 13.3. The fourth-order valence-electron chi connectivity index (χ4n) is 9.46. The Kier molecular flexibility index (Phi) is 9.85. The third kappa shape index (κ3) is 7.23. The summed E-state index contributed by atoms with van der Waals surface area (Å²) in [6.45, 7) is 7.58. The van der Waals surface area contributed by atoms with E-state index in [9.17, 15) is 19.2 Å². The van der Waals surface area contributed by atoms with E-state index in [0.717, 1.165) is 105 Å². The largest absolute Gasteiger partial charge is 0.474 e. The second-order valence-corrected chi connectivity index (χ2v) is 16.6. The molecular formula is C45H48N8O6. The highest BCUT2D eigenvalue weighted by molar-refractivity contribution is 6.23. The summed E-state index contributed by atoms with van der Waals surface area (Å²) in [6.07, 6.45) is 10.4. The number of fused-ring (bicyclic) bond motifs is 4. The number of anilines is 1. The summed E-state index contributed by atoms with van der Waals surface area (Å²) >= 11 is 0. The molecule has 14 heteroatoms. The third-order valence-corrected chi connectivity index (χ3v) is 13.0. The molecule has 5 aliphatic rings. The van der Waals surface area contributed by atoms with Crippen molar-refractivity contribution in [2.24, 2.45) is 7.05 Å². The minimum absolute atomic E-state index is 0.103. The van der Waals surface area contributed by atoms with E-state index in [4.69, 9.17) is 9.47 Å². The summed E-state index contributed by atoms with van der Waals surface area (Å²) in [4.78, 5) is 67.7. The molecule has 3 saturated heterocycles. The van der Waals surface area contributed by atoms with Gasteiger partial charge in [-0.2, -0.15) is 0 Å². The number of carbonyl (C=O) groups excluding carboxylic acids is 4. The number of likely N-dealkylation sites (tertiary alicyclic amines) is 1. The molecule has 0 spiro atoms. The van der Waals surface area contributed by atoms with Crippen LogP contribution in [0.3, 0.4) is 0 Å². The Balaban J connectivity index is 0.631. The zero-order valence-electron chi connectivity index (χ0n) is 33.2. The smallest absolute Gasteiger partial charge is 0.262 e. The van der Waals surface area contributed by atoms with Gasteiger partial charge in [0.05, 0.1) is 28.9 Å². The first-order valence-corrected chi connectivity index (χ1v) is 20.9. The molecule has 5 aromatic rings. The zero-order chi connectivity index (χ0) is 40.2. The van der Waals surface area contributed by atoms with E-state index in [1.807, 2.05) is 30.7 Å².